The molecule has 0 saturated carbocycles. The van der Waals surface area contributed by atoms with Crippen molar-refractivity contribution in [2.45, 2.75) is 0 Å². The van der Waals surface area contributed by atoms with Crippen LogP contribution in [-0.2, 0) is 0 Å². The van der Waals surface area contributed by atoms with E-state index in [1.54, 1.807) is 0 Å². The molecular weight excluding hydrogens is 224 g/mol. The van der Waals surface area contributed by atoms with E-state index >= 15 is 0 Å². The first-order valence-corrected chi connectivity index (χ1v) is 3.68. The molecule has 0 aliphatic carbocycles. The van der Waals surface area contributed by atoms with Crippen molar-refractivity contribution in [2.75, 3.05) is 5.73 Å². The number of rotatable bonds is 2. The second-order valence-corrected chi connectivity index (χ2v) is 2.55. The summed E-state index contributed by atoms with van der Waals surface area (Å²) in [5, 5.41) is 30.5. The van der Waals surface area contributed by atoms with Gasteiger partial charge in [0.2, 0.25) is 5.82 Å². The summed E-state index contributed by atoms with van der Waals surface area (Å²) in [5.41, 5.74) is 5.33. The Morgan fingerprint density at radius 3 is 2.44 bits per heavy atom. The number of hydrogen-bond donors (Lipinski definition) is 1. The maximum absolute atomic E-state index is 10.4. The van der Waals surface area contributed by atoms with Gasteiger partial charge in [-0.2, -0.15) is 0 Å². The van der Waals surface area contributed by atoms with E-state index in [0.29, 0.717) is 4.52 Å². The molecule has 0 fully saturated rings. The summed E-state index contributed by atoms with van der Waals surface area (Å²) in [4.78, 5) is 22.4. The zero-order valence-corrected chi connectivity index (χ0v) is 7.34. The fourth-order valence-electron chi connectivity index (χ4n) is 0.965. The van der Waals surface area contributed by atoms with Crippen molar-refractivity contribution in [1.29, 1.82) is 0 Å². The monoisotopic (exact) mass is 226 g/mol. The molecule has 0 saturated heterocycles. The maximum atomic E-state index is 10.4. The summed E-state index contributed by atoms with van der Waals surface area (Å²) >= 11 is 0. The number of nitrogens with zero attached hydrogens (tertiary/aromatic N) is 7. The third kappa shape index (κ3) is 1.24. The first-order chi connectivity index (χ1) is 7.50. The predicted molar refractivity (Wildman–Crippen MR) is 46.3 cm³/mol. The van der Waals surface area contributed by atoms with E-state index in [-0.39, 0.29) is 5.78 Å². The summed E-state index contributed by atoms with van der Waals surface area (Å²) in [6.45, 7) is 0. The van der Waals surface area contributed by atoms with Crippen LogP contribution in [0.1, 0.15) is 0 Å². The van der Waals surface area contributed by atoms with Crippen molar-refractivity contribution in [3.05, 3.63) is 20.2 Å². The normalized spacial score (nSPS) is 10.5. The minimum atomic E-state index is -0.880. The molecule has 2 N–H and O–H groups in total. The van der Waals surface area contributed by atoms with E-state index in [9.17, 15) is 20.2 Å². The van der Waals surface area contributed by atoms with E-state index in [0.717, 1.165) is 0 Å². The smallest absolute Gasteiger partial charge is 0.390 e. The summed E-state index contributed by atoms with van der Waals surface area (Å²) < 4.78 is 0.684. The van der Waals surface area contributed by atoms with Crippen molar-refractivity contribution in [2.24, 2.45) is 0 Å². The summed E-state index contributed by atoms with van der Waals surface area (Å²) in [5.74, 6) is -2.26. The Hall–Kier alpha value is -2.92. The van der Waals surface area contributed by atoms with Gasteiger partial charge in [-0.3, -0.25) is 0 Å². The molecule has 82 valence electrons. The number of nitro groups is 2. The Bertz CT molecular complexity index is 603. The zero-order valence-electron chi connectivity index (χ0n) is 7.34. The number of nitrogens with two attached hydrogens (primary N) is 1. The second-order valence-electron chi connectivity index (χ2n) is 2.55. The molecule has 0 unspecified atom stereocenters. The molecule has 0 aliphatic rings. The average Bonchev–Trinajstić information content (AvgIpc) is 2.62. The van der Waals surface area contributed by atoms with Crippen LogP contribution < -0.4 is 5.73 Å². The van der Waals surface area contributed by atoms with Crippen molar-refractivity contribution in [3.63, 3.8) is 0 Å². The van der Waals surface area contributed by atoms with Crippen molar-refractivity contribution in [1.82, 2.24) is 24.8 Å². The van der Waals surface area contributed by atoms with Crippen LogP contribution >= 0.6 is 0 Å². The van der Waals surface area contributed by atoms with E-state index in [4.69, 9.17) is 5.73 Å². The highest BCUT2D eigenvalue weighted by molar-refractivity contribution is 5.51. The predicted octanol–water partition coefficient (Wildman–Crippen LogP) is -1.08. The van der Waals surface area contributed by atoms with Crippen LogP contribution in [0.15, 0.2) is 0 Å². The van der Waals surface area contributed by atoms with Crippen molar-refractivity contribution < 1.29 is 9.85 Å². The van der Waals surface area contributed by atoms with Gasteiger partial charge in [0.15, 0.2) is 0 Å². The molecule has 2 aromatic heterocycles. The van der Waals surface area contributed by atoms with Crippen molar-refractivity contribution in [3.8, 4) is 0 Å². The number of fused-ring (bicyclic) bond motifs is 1. The lowest BCUT2D eigenvalue weighted by atomic mass is 10.6. The molecule has 0 amide bonds. The summed E-state index contributed by atoms with van der Waals surface area (Å²) in [6.07, 6.45) is 0. The first kappa shape index (κ1) is 9.63. The molecule has 2 aromatic rings. The Kier molecular flexibility index (Phi) is 1.83. The molecule has 2 rings (SSSR count). The third-order valence-corrected chi connectivity index (χ3v) is 1.61. The van der Waals surface area contributed by atoms with E-state index in [1.807, 2.05) is 0 Å². The van der Waals surface area contributed by atoms with E-state index in [1.165, 1.54) is 0 Å². The van der Waals surface area contributed by atoms with Gasteiger partial charge >= 0.3 is 17.5 Å². The fraction of sp³-hybridized carbons (Fsp3) is 0. The largest absolute Gasteiger partial charge is 0.493 e. The minimum absolute atomic E-state index is 0.283. The van der Waals surface area contributed by atoms with Crippen LogP contribution in [0.2, 0.25) is 0 Å². The third-order valence-electron chi connectivity index (χ3n) is 1.61. The van der Waals surface area contributed by atoms with Crippen LogP contribution in [0.25, 0.3) is 5.78 Å². The van der Waals surface area contributed by atoms with Crippen molar-refractivity contribution >= 4 is 23.4 Å². The highest BCUT2D eigenvalue weighted by Crippen LogP contribution is 2.17. The summed E-state index contributed by atoms with van der Waals surface area (Å²) in [7, 11) is 0. The van der Waals surface area contributed by atoms with Gasteiger partial charge in [-0.1, -0.05) is 4.52 Å². The number of nitrogen functional groups attached to an aromatic ring is 1. The average molecular weight is 226 g/mol. The SMILES string of the molecule is Nc1c([N+](=O)[O-])nnc2nc([N+](=O)[O-])nn12. The standard InChI is InChI=1S/C4H2N8O4/c5-1-2(11(13)14)7-8-3-6-4(12(15)16)9-10(1)3/h5H2. The van der Waals surface area contributed by atoms with Gasteiger partial charge in [0, 0.05) is 10.2 Å². The van der Waals surface area contributed by atoms with Gasteiger partial charge in [0.05, 0.1) is 5.10 Å². The van der Waals surface area contributed by atoms with Crippen LogP contribution in [0.4, 0.5) is 17.6 Å². The minimum Gasteiger partial charge on any atom is -0.390 e. The maximum Gasteiger partial charge on any atom is 0.493 e. The van der Waals surface area contributed by atoms with Crippen LogP contribution in [-0.4, -0.2) is 34.6 Å². The van der Waals surface area contributed by atoms with Gasteiger partial charge in [0.1, 0.15) is 0 Å². The molecule has 16 heavy (non-hydrogen) atoms. The van der Waals surface area contributed by atoms with Crippen LogP contribution in [0.3, 0.4) is 0 Å². The van der Waals surface area contributed by atoms with Gasteiger partial charge in [0.25, 0.3) is 0 Å². The Labute approximate surface area is 85.0 Å². The Morgan fingerprint density at radius 1 is 1.19 bits per heavy atom. The van der Waals surface area contributed by atoms with E-state index in [2.05, 4.69) is 20.3 Å². The summed E-state index contributed by atoms with van der Waals surface area (Å²) in [6, 6.07) is 0. The number of hydrogen-bond acceptors (Lipinski definition) is 9. The molecule has 2 heterocycles. The number of aromatic nitrogens is 5. The van der Waals surface area contributed by atoms with E-state index < -0.39 is 27.4 Å². The molecular formula is C4H2N8O4. The van der Waals surface area contributed by atoms with Gasteiger partial charge in [-0.15, -0.1) is 0 Å². The highest BCUT2D eigenvalue weighted by Gasteiger charge is 2.26. The molecule has 0 aromatic carbocycles. The molecule has 12 heteroatoms. The van der Waals surface area contributed by atoms with Gasteiger partial charge in [-0.05, 0) is 14.8 Å². The highest BCUT2D eigenvalue weighted by atomic mass is 16.6. The van der Waals surface area contributed by atoms with Crippen LogP contribution in [0, 0.1) is 20.2 Å². The molecule has 0 aliphatic heterocycles. The topological polar surface area (TPSA) is 168 Å². The lowest BCUT2D eigenvalue weighted by Gasteiger charge is -1.92. The van der Waals surface area contributed by atoms with Gasteiger partial charge < -0.3 is 26.0 Å². The quantitative estimate of drug-likeness (QED) is 0.493. The lowest BCUT2D eigenvalue weighted by Crippen LogP contribution is -2.07. The van der Waals surface area contributed by atoms with Gasteiger partial charge in [-0.25, -0.2) is 0 Å². The molecule has 0 radical (unpaired) electrons. The Morgan fingerprint density at radius 2 is 1.88 bits per heavy atom. The van der Waals surface area contributed by atoms with Crippen LogP contribution in [0.5, 0.6) is 0 Å². The molecule has 0 bridgehead atoms. The Balaban J connectivity index is 2.74. The first-order valence-electron chi connectivity index (χ1n) is 3.68. The molecule has 12 nitrogen and oxygen atoms in total. The lowest BCUT2D eigenvalue weighted by molar-refractivity contribution is -0.394. The second kappa shape index (κ2) is 3.04. The number of anilines is 1. The molecule has 0 atom stereocenters. The zero-order chi connectivity index (χ0) is 11.9. The molecule has 0 spiro atoms. The fourth-order valence-corrected chi connectivity index (χ4v) is 0.965.